The number of ether oxygens (including phenoxy) is 1. The minimum absolute atomic E-state index is 0.0218. The van der Waals surface area contributed by atoms with Crippen LogP contribution in [0.25, 0.3) is 0 Å². The lowest BCUT2D eigenvalue weighted by Gasteiger charge is -2.08. The summed E-state index contributed by atoms with van der Waals surface area (Å²) in [5.41, 5.74) is 0.446. The van der Waals surface area contributed by atoms with Crippen molar-refractivity contribution < 1.29 is 19.0 Å². The van der Waals surface area contributed by atoms with E-state index in [0.717, 1.165) is 0 Å². The maximum absolute atomic E-state index is 13.2. The van der Waals surface area contributed by atoms with Crippen molar-refractivity contribution in [2.24, 2.45) is 0 Å². The van der Waals surface area contributed by atoms with Gasteiger partial charge in [-0.1, -0.05) is 18.2 Å². The van der Waals surface area contributed by atoms with Crippen LogP contribution in [0, 0.1) is 5.82 Å². The van der Waals surface area contributed by atoms with E-state index in [2.05, 4.69) is 5.32 Å². The van der Waals surface area contributed by atoms with Gasteiger partial charge in [0.15, 0.2) is 18.2 Å². The van der Waals surface area contributed by atoms with E-state index in [1.807, 2.05) is 0 Å². The third-order valence-electron chi connectivity index (χ3n) is 2.33. The second-order valence-corrected chi connectivity index (χ2v) is 3.82. The first-order valence-electron chi connectivity index (χ1n) is 5.61. The summed E-state index contributed by atoms with van der Waals surface area (Å²) in [6, 6.07) is 12.0. The number of nitrogens with one attached hydrogen (secondary N) is 1. The summed E-state index contributed by atoms with van der Waals surface area (Å²) in [5, 5.41) is 11.8. The zero-order valence-electron chi connectivity index (χ0n) is 9.97. The Labute approximate surface area is 109 Å². The second kappa shape index (κ2) is 5.86. The molecule has 2 aromatic rings. The summed E-state index contributed by atoms with van der Waals surface area (Å²) in [6.07, 6.45) is 0. The fourth-order valence-electron chi connectivity index (χ4n) is 1.49. The number of carbonyl (C=O) groups excluding carboxylic acids is 1. The molecule has 0 aliphatic carbocycles. The Morgan fingerprint density at radius 2 is 2.00 bits per heavy atom. The number of anilines is 1. The van der Waals surface area contributed by atoms with E-state index in [1.165, 1.54) is 30.3 Å². The van der Waals surface area contributed by atoms with Crippen LogP contribution in [0.4, 0.5) is 10.1 Å². The van der Waals surface area contributed by atoms with Crippen molar-refractivity contribution in [2.75, 3.05) is 11.9 Å². The number of phenols is 1. The number of hydrogen-bond acceptors (Lipinski definition) is 3. The molecule has 2 rings (SSSR count). The number of hydrogen-bond donors (Lipinski definition) is 2. The smallest absolute Gasteiger partial charge is 0.262 e. The van der Waals surface area contributed by atoms with Crippen LogP contribution in [0.1, 0.15) is 0 Å². The Balaban J connectivity index is 1.90. The van der Waals surface area contributed by atoms with E-state index >= 15 is 0 Å². The molecule has 1 amide bonds. The van der Waals surface area contributed by atoms with Crippen molar-refractivity contribution in [1.29, 1.82) is 0 Å². The van der Waals surface area contributed by atoms with Gasteiger partial charge in [-0.3, -0.25) is 4.79 Å². The Kier molecular flexibility index (Phi) is 3.97. The molecule has 0 heterocycles. The fraction of sp³-hybridized carbons (Fsp3) is 0.0714. The molecule has 0 unspecified atom stereocenters. The first kappa shape index (κ1) is 12.9. The van der Waals surface area contributed by atoms with Gasteiger partial charge in [0.1, 0.15) is 5.75 Å². The van der Waals surface area contributed by atoms with Crippen molar-refractivity contribution in [3.63, 3.8) is 0 Å². The normalized spacial score (nSPS) is 9.95. The SMILES string of the molecule is O=C(COc1ccccc1F)Nc1cccc(O)c1. The van der Waals surface area contributed by atoms with E-state index in [1.54, 1.807) is 18.2 Å². The Hall–Kier alpha value is -2.56. The highest BCUT2D eigenvalue weighted by atomic mass is 19.1. The molecule has 0 aromatic heterocycles. The number of halogens is 1. The van der Waals surface area contributed by atoms with Gasteiger partial charge in [0.2, 0.25) is 0 Å². The molecular formula is C14H12FNO3. The average molecular weight is 261 g/mol. The highest BCUT2D eigenvalue weighted by Gasteiger charge is 2.06. The largest absolute Gasteiger partial charge is 0.508 e. The van der Waals surface area contributed by atoms with Crippen LogP contribution in [0.2, 0.25) is 0 Å². The number of aromatic hydroxyl groups is 1. The van der Waals surface area contributed by atoms with Crippen LogP contribution in [0.3, 0.4) is 0 Å². The standard InChI is InChI=1S/C14H12FNO3/c15-12-6-1-2-7-13(12)19-9-14(18)16-10-4-3-5-11(17)8-10/h1-8,17H,9H2,(H,16,18). The van der Waals surface area contributed by atoms with E-state index < -0.39 is 11.7 Å². The first-order chi connectivity index (χ1) is 9.15. The Morgan fingerprint density at radius 1 is 1.21 bits per heavy atom. The molecule has 0 atom stereocenters. The van der Waals surface area contributed by atoms with Crippen molar-refractivity contribution in [1.82, 2.24) is 0 Å². The van der Waals surface area contributed by atoms with Crippen molar-refractivity contribution in [3.8, 4) is 11.5 Å². The Bertz CT molecular complexity index is 586. The number of phenolic OH excluding ortho intramolecular Hbond substituents is 1. The number of para-hydroxylation sites is 1. The minimum Gasteiger partial charge on any atom is -0.508 e. The zero-order chi connectivity index (χ0) is 13.7. The van der Waals surface area contributed by atoms with Crippen LogP contribution in [-0.2, 0) is 4.79 Å². The molecule has 0 spiro atoms. The van der Waals surface area contributed by atoms with Crippen LogP contribution >= 0.6 is 0 Å². The molecule has 19 heavy (non-hydrogen) atoms. The summed E-state index contributed by atoms with van der Waals surface area (Å²) in [6.45, 7) is -0.309. The number of rotatable bonds is 4. The van der Waals surface area contributed by atoms with Gasteiger partial charge >= 0.3 is 0 Å². The lowest BCUT2D eigenvalue weighted by molar-refractivity contribution is -0.118. The van der Waals surface area contributed by atoms with Crippen molar-refractivity contribution in [3.05, 3.63) is 54.3 Å². The van der Waals surface area contributed by atoms with Gasteiger partial charge in [-0.25, -0.2) is 4.39 Å². The highest BCUT2D eigenvalue weighted by molar-refractivity contribution is 5.92. The molecule has 2 N–H and O–H groups in total. The van der Waals surface area contributed by atoms with Crippen LogP contribution in [0.15, 0.2) is 48.5 Å². The van der Waals surface area contributed by atoms with E-state index in [4.69, 9.17) is 4.74 Å². The van der Waals surface area contributed by atoms with Gasteiger partial charge in [0.05, 0.1) is 0 Å². The van der Waals surface area contributed by atoms with E-state index in [-0.39, 0.29) is 18.1 Å². The molecule has 0 bridgehead atoms. The van der Waals surface area contributed by atoms with E-state index in [9.17, 15) is 14.3 Å². The number of carbonyl (C=O) groups is 1. The average Bonchev–Trinajstić information content (AvgIpc) is 2.38. The molecule has 0 fully saturated rings. The summed E-state index contributed by atoms with van der Waals surface area (Å²) < 4.78 is 18.3. The van der Waals surface area contributed by atoms with Crippen molar-refractivity contribution in [2.45, 2.75) is 0 Å². The van der Waals surface area contributed by atoms with E-state index in [0.29, 0.717) is 5.69 Å². The van der Waals surface area contributed by atoms with Gasteiger partial charge in [-0.05, 0) is 24.3 Å². The molecular weight excluding hydrogens is 249 g/mol. The summed E-state index contributed by atoms with van der Waals surface area (Å²) in [4.78, 5) is 11.6. The van der Waals surface area contributed by atoms with Gasteiger partial charge in [-0.15, -0.1) is 0 Å². The predicted molar refractivity (Wildman–Crippen MR) is 68.6 cm³/mol. The van der Waals surface area contributed by atoms with Gasteiger partial charge in [0.25, 0.3) is 5.91 Å². The van der Waals surface area contributed by atoms with Crippen molar-refractivity contribution >= 4 is 11.6 Å². The van der Waals surface area contributed by atoms with Gasteiger partial charge in [0, 0.05) is 11.8 Å². The maximum Gasteiger partial charge on any atom is 0.262 e. The summed E-state index contributed by atoms with van der Waals surface area (Å²) >= 11 is 0. The molecule has 0 radical (unpaired) electrons. The topological polar surface area (TPSA) is 58.6 Å². The predicted octanol–water partition coefficient (Wildman–Crippen LogP) is 2.55. The second-order valence-electron chi connectivity index (χ2n) is 3.82. The summed E-state index contributed by atoms with van der Waals surface area (Å²) in [7, 11) is 0. The lowest BCUT2D eigenvalue weighted by atomic mass is 10.3. The quantitative estimate of drug-likeness (QED) is 0.889. The molecule has 2 aromatic carbocycles. The Morgan fingerprint density at radius 3 is 2.74 bits per heavy atom. The maximum atomic E-state index is 13.2. The van der Waals surface area contributed by atoms with Gasteiger partial charge in [-0.2, -0.15) is 0 Å². The molecule has 4 nitrogen and oxygen atoms in total. The first-order valence-corrected chi connectivity index (χ1v) is 5.61. The molecule has 98 valence electrons. The monoisotopic (exact) mass is 261 g/mol. The molecule has 0 saturated carbocycles. The van der Waals surface area contributed by atoms with Gasteiger partial charge < -0.3 is 15.2 Å². The summed E-state index contributed by atoms with van der Waals surface area (Å²) in [5.74, 6) is -0.886. The third-order valence-corrected chi connectivity index (χ3v) is 2.33. The molecule has 0 saturated heterocycles. The lowest BCUT2D eigenvalue weighted by Crippen LogP contribution is -2.20. The minimum atomic E-state index is -0.521. The highest BCUT2D eigenvalue weighted by Crippen LogP contribution is 2.17. The molecule has 5 heteroatoms. The molecule has 0 aliphatic heterocycles. The van der Waals surface area contributed by atoms with Crippen LogP contribution < -0.4 is 10.1 Å². The number of benzene rings is 2. The fourth-order valence-corrected chi connectivity index (χ4v) is 1.49. The van der Waals surface area contributed by atoms with Crippen LogP contribution in [0.5, 0.6) is 11.5 Å². The third kappa shape index (κ3) is 3.70. The zero-order valence-corrected chi connectivity index (χ0v) is 9.97. The van der Waals surface area contributed by atoms with Crippen LogP contribution in [-0.4, -0.2) is 17.6 Å². The number of amides is 1. The molecule has 0 aliphatic rings.